The van der Waals surface area contributed by atoms with Gasteiger partial charge >= 0.3 is 0 Å². The fourth-order valence-electron chi connectivity index (χ4n) is 2.72. The molecule has 6 heteroatoms. The molecule has 1 aliphatic carbocycles. The van der Waals surface area contributed by atoms with Crippen LogP contribution in [0.5, 0.6) is 0 Å². The number of pyridine rings is 1. The highest BCUT2D eigenvalue weighted by atomic mass is 35.5. The van der Waals surface area contributed by atoms with Gasteiger partial charge in [-0.1, -0.05) is 36.0 Å². The summed E-state index contributed by atoms with van der Waals surface area (Å²) in [5.41, 5.74) is 1.06. The second kappa shape index (κ2) is 7.20. The highest BCUT2D eigenvalue weighted by Crippen LogP contribution is 2.26. The van der Waals surface area contributed by atoms with Crippen LogP contribution in [0.3, 0.4) is 0 Å². The summed E-state index contributed by atoms with van der Waals surface area (Å²) in [7, 11) is 0. The molecule has 0 saturated heterocycles. The third-order valence-electron chi connectivity index (χ3n) is 3.91. The van der Waals surface area contributed by atoms with Crippen molar-refractivity contribution in [3.63, 3.8) is 0 Å². The van der Waals surface area contributed by atoms with Crippen LogP contribution in [0.2, 0.25) is 10.0 Å². The first kappa shape index (κ1) is 16.1. The molecule has 1 amide bonds. The second-order valence-electron chi connectivity index (χ2n) is 5.63. The Hall–Kier alpha value is -1.78. The number of hydrogen-bond acceptors (Lipinski definition) is 3. The van der Waals surface area contributed by atoms with Crippen molar-refractivity contribution in [2.75, 3.05) is 10.6 Å². The van der Waals surface area contributed by atoms with Gasteiger partial charge in [-0.15, -0.1) is 0 Å². The van der Waals surface area contributed by atoms with Crippen molar-refractivity contribution in [3.8, 4) is 0 Å². The van der Waals surface area contributed by atoms with E-state index in [0.29, 0.717) is 27.3 Å². The van der Waals surface area contributed by atoms with Gasteiger partial charge in [0.25, 0.3) is 5.91 Å². The first-order valence-electron chi connectivity index (χ1n) is 7.61. The molecule has 1 saturated carbocycles. The molecule has 0 unspecified atom stereocenters. The number of aromatic nitrogens is 1. The smallest absolute Gasteiger partial charge is 0.255 e. The fourth-order valence-corrected chi connectivity index (χ4v) is 3.17. The first-order chi connectivity index (χ1) is 11.1. The van der Waals surface area contributed by atoms with Crippen LogP contribution in [-0.4, -0.2) is 16.9 Å². The predicted octanol–water partition coefficient (Wildman–Crippen LogP) is 5.00. The molecular weight excluding hydrogens is 333 g/mol. The molecule has 0 aliphatic heterocycles. The molecule has 0 radical (unpaired) electrons. The van der Waals surface area contributed by atoms with Gasteiger partial charge in [0.1, 0.15) is 5.82 Å². The van der Waals surface area contributed by atoms with Crippen LogP contribution < -0.4 is 10.6 Å². The van der Waals surface area contributed by atoms with Crippen LogP contribution in [0.15, 0.2) is 36.5 Å². The van der Waals surface area contributed by atoms with Crippen LogP contribution >= 0.6 is 23.2 Å². The lowest BCUT2D eigenvalue weighted by Gasteiger charge is -2.13. The second-order valence-corrected chi connectivity index (χ2v) is 6.48. The molecule has 2 aromatic rings. The van der Waals surface area contributed by atoms with Crippen molar-refractivity contribution in [3.05, 3.63) is 52.1 Å². The van der Waals surface area contributed by atoms with E-state index in [1.807, 2.05) is 0 Å². The quantitative estimate of drug-likeness (QED) is 0.816. The predicted molar refractivity (Wildman–Crippen MR) is 94.5 cm³/mol. The van der Waals surface area contributed by atoms with Crippen molar-refractivity contribution in [1.82, 2.24) is 4.98 Å². The third-order valence-corrected chi connectivity index (χ3v) is 4.46. The number of rotatable bonds is 4. The van der Waals surface area contributed by atoms with E-state index in [9.17, 15) is 4.79 Å². The molecule has 2 N–H and O–H groups in total. The van der Waals surface area contributed by atoms with E-state index < -0.39 is 0 Å². The molecule has 4 nitrogen and oxygen atoms in total. The average Bonchev–Trinajstić information content (AvgIpc) is 3.03. The summed E-state index contributed by atoms with van der Waals surface area (Å²) in [5.74, 6) is 0.498. The maximum atomic E-state index is 12.4. The third kappa shape index (κ3) is 4.15. The number of carbonyl (C=O) groups is 1. The average molecular weight is 350 g/mol. The van der Waals surface area contributed by atoms with Crippen LogP contribution in [0, 0.1) is 0 Å². The van der Waals surface area contributed by atoms with Gasteiger partial charge in [0.2, 0.25) is 0 Å². The molecule has 1 aliphatic rings. The van der Waals surface area contributed by atoms with Crippen LogP contribution in [-0.2, 0) is 0 Å². The number of nitrogens with zero attached hydrogens (tertiary/aromatic N) is 1. The van der Waals surface area contributed by atoms with Gasteiger partial charge in [-0.25, -0.2) is 4.98 Å². The van der Waals surface area contributed by atoms with Gasteiger partial charge in [0.05, 0.1) is 10.7 Å². The zero-order chi connectivity index (χ0) is 16.2. The lowest BCUT2D eigenvalue weighted by atomic mass is 10.2. The normalized spacial score (nSPS) is 14.7. The SMILES string of the molecule is O=C(Nc1ccc(Cl)cc1Cl)c1ccnc(NC2CCCC2)c1. The van der Waals surface area contributed by atoms with E-state index in [1.165, 1.54) is 12.8 Å². The first-order valence-corrected chi connectivity index (χ1v) is 8.36. The summed E-state index contributed by atoms with van der Waals surface area (Å²) in [4.78, 5) is 16.7. The molecule has 1 aromatic carbocycles. The van der Waals surface area contributed by atoms with Gasteiger partial charge in [-0.3, -0.25) is 4.79 Å². The molecule has 0 atom stereocenters. The molecule has 0 spiro atoms. The molecule has 0 bridgehead atoms. The van der Waals surface area contributed by atoms with E-state index in [1.54, 1.807) is 36.5 Å². The summed E-state index contributed by atoms with van der Waals surface area (Å²) in [6, 6.07) is 8.85. The number of hydrogen-bond donors (Lipinski definition) is 2. The van der Waals surface area contributed by atoms with Gasteiger partial charge in [-0.05, 0) is 43.2 Å². The summed E-state index contributed by atoms with van der Waals surface area (Å²) in [5, 5.41) is 7.11. The van der Waals surface area contributed by atoms with Crippen LogP contribution in [0.1, 0.15) is 36.0 Å². The summed E-state index contributed by atoms with van der Waals surface area (Å²) in [6.07, 6.45) is 6.42. The maximum absolute atomic E-state index is 12.4. The minimum Gasteiger partial charge on any atom is -0.367 e. The molecule has 1 aromatic heterocycles. The Kier molecular flexibility index (Phi) is 5.03. The van der Waals surface area contributed by atoms with Gasteiger partial charge in [0.15, 0.2) is 0 Å². The van der Waals surface area contributed by atoms with Crippen molar-refractivity contribution in [2.45, 2.75) is 31.7 Å². The number of carbonyl (C=O) groups excluding carboxylic acids is 1. The van der Waals surface area contributed by atoms with Gasteiger partial charge in [-0.2, -0.15) is 0 Å². The van der Waals surface area contributed by atoms with E-state index in [2.05, 4.69) is 15.6 Å². The largest absolute Gasteiger partial charge is 0.367 e. The minimum absolute atomic E-state index is 0.230. The summed E-state index contributed by atoms with van der Waals surface area (Å²) >= 11 is 11.9. The van der Waals surface area contributed by atoms with E-state index in [-0.39, 0.29) is 5.91 Å². The van der Waals surface area contributed by atoms with Crippen molar-refractivity contribution in [2.24, 2.45) is 0 Å². The molecular formula is C17H17Cl2N3O. The van der Waals surface area contributed by atoms with Crippen LogP contribution in [0.4, 0.5) is 11.5 Å². The Morgan fingerprint density at radius 3 is 2.65 bits per heavy atom. The highest BCUT2D eigenvalue weighted by molar-refractivity contribution is 6.36. The Labute approximate surface area is 145 Å². The van der Waals surface area contributed by atoms with Gasteiger partial charge in [0, 0.05) is 22.8 Å². The minimum atomic E-state index is -0.230. The summed E-state index contributed by atoms with van der Waals surface area (Å²) in [6.45, 7) is 0. The molecule has 1 heterocycles. The lowest BCUT2D eigenvalue weighted by molar-refractivity contribution is 0.102. The molecule has 120 valence electrons. The standard InChI is InChI=1S/C17H17Cl2N3O/c18-12-5-6-15(14(19)10-12)22-17(23)11-7-8-20-16(9-11)21-13-3-1-2-4-13/h5-10,13H,1-4H2,(H,20,21)(H,22,23). The Bertz CT molecular complexity index is 715. The number of benzene rings is 1. The molecule has 3 rings (SSSR count). The van der Waals surface area contributed by atoms with E-state index >= 15 is 0 Å². The number of nitrogens with one attached hydrogen (secondary N) is 2. The van der Waals surface area contributed by atoms with Crippen molar-refractivity contribution < 1.29 is 4.79 Å². The monoisotopic (exact) mass is 349 g/mol. The summed E-state index contributed by atoms with van der Waals surface area (Å²) < 4.78 is 0. The maximum Gasteiger partial charge on any atom is 0.255 e. The van der Waals surface area contributed by atoms with Gasteiger partial charge < -0.3 is 10.6 Å². The Morgan fingerprint density at radius 2 is 1.91 bits per heavy atom. The fraction of sp³-hybridized carbons (Fsp3) is 0.294. The molecule has 23 heavy (non-hydrogen) atoms. The number of anilines is 2. The Balaban J connectivity index is 1.71. The van der Waals surface area contributed by atoms with E-state index in [0.717, 1.165) is 18.7 Å². The lowest BCUT2D eigenvalue weighted by Crippen LogP contribution is -2.17. The Morgan fingerprint density at radius 1 is 1.13 bits per heavy atom. The highest BCUT2D eigenvalue weighted by Gasteiger charge is 2.16. The van der Waals surface area contributed by atoms with Crippen LogP contribution in [0.25, 0.3) is 0 Å². The number of halogens is 2. The van der Waals surface area contributed by atoms with Crippen molar-refractivity contribution >= 4 is 40.6 Å². The number of amides is 1. The zero-order valence-corrected chi connectivity index (χ0v) is 14.0. The molecule has 1 fully saturated rings. The van der Waals surface area contributed by atoms with E-state index in [4.69, 9.17) is 23.2 Å². The zero-order valence-electron chi connectivity index (χ0n) is 12.5. The topological polar surface area (TPSA) is 54.0 Å². The van der Waals surface area contributed by atoms with Crippen molar-refractivity contribution in [1.29, 1.82) is 0 Å².